The van der Waals surface area contributed by atoms with E-state index in [1.165, 1.54) is 59.9 Å². The molecule has 7 aromatic rings. The van der Waals surface area contributed by atoms with E-state index >= 15 is 0 Å². The minimum atomic E-state index is -1.94. The summed E-state index contributed by atoms with van der Waals surface area (Å²) in [6.45, 7) is 9.07. The van der Waals surface area contributed by atoms with Crippen molar-refractivity contribution in [3.05, 3.63) is 138 Å². The van der Waals surface area contributed by atoms with E-state index in [1.54, 1.807) is 4.40 Å². The first-order valence-corrected chi connectivity index (χ1v) is 26.6. The molecule has 1 fully saturated rings. The van der Waals surface area contributed by atoms with Crippen molar-refractivity contribution >= 4 is 39.6 Å². The maximum absolute atomic E-state index is 6.27. The molecule has 1 aliphatic rings. The Morgan fingerprint density at radius 1 is 0.759 bits per heavy atom. The Morgan fingerprint density at radius 2 is 1.52 bits per heavy atom. The summed E-state index contributed by atoms with van der Waals surface area (Å²) in [6, 6.07) is 40.7. The Hall–Kier alpha value is -3.83. The SMILES string of the molecule is CC(C)(C)Cc1cc(-c2[c-]ccc(C3CCCCC3)c2)nc[c]1[Ge]([CH3])([CH3])[CH3].Cc1ccnc(-c2[c-]ccc3c2oc2cc(-c4ccccc4)ccc23)c1.[Ir]. The van der Waals surface area contributed by atoms with Crippen LogP contribution in [0, 0.1) is 24.5 Å². The average molecular weight is 950 g/mol. The number of aromatic nitrogens is 2. The molecule has 1 aliphatic carbocycles. The maximum atomic E-state index is 6.27. The van der Waals surface area contributed by atoms with Crippen LogP contribution in [0.15, 0.2) is 114 Å². The largest absolute Gasteiger partial charge is 0.501 e. The first-order chi connectivity index (χ1) is 25.4. The van der Waals surface area contributed by atoms with Gasteiger partial charge < -0.3 is 9.40 Å². The number of furan rings is 1. The standard InChI is InChI=1S/C25H36GeN.C24H16NO.Ir/c1-25(2,3)17-22-16-24(27-18-23(22)26(4,5)6)21-14-10-13-20(15-21)19-11-8-7-9-12-19;1-16-12-13-25-22(14-16)21-9-5-8-20-19-11-10-18(15-23(19)26-24(20)21)17-6-3-2-4-7-17;/h10,13,15-16,18-19H,7-9,11-12,17H2,1-6H3;2-8,10-15H,1H3;/q2*-1;. The first kappa shape index (κ1) is 39.9. The molecule has 3 nitrogen and oxygen atoms in total. The molecule has 0 N–H and O–H groups in total. The molecule has 279 valence electrons. The molecule has 0 amide bonds. The molecule has 0 aliphatic heterocycles. The molecular weight excluding hydrogens is 897 g/mol. The maximum Gasteiger partial charge on any atom is 0.121 e. The van der Waals surface area contributed by atoms with Gasteiger partial charge in [0.2, 0.25) is 0 Å². The fraction of sp³-hybridized carbons (Fsp3) is 0.306. The topological polar surface area (TPSA) is 38.9 Å². The molecule has 8 rings (SSSR count). The van der Waals surface area contributed by atoms with Gasteiger partial charge in [-0.15, -0.1) is 18.2 Å². The summed E-state index contributed by atoms with van der Waals surface area (Å²) in [6.07, 6.45) is 12.0. The molecule has 0 bridgehead atoms. The molecule has 4 aromatic carbocycles. The van der Waals surface area contributed by atoms with Crippen LogP contribution >= 0.6 is 0 Å². The van der Waals surface area contributed by atoms with Gasteiger partial charge in [-0.05, 0) is 35.9 Å². The summed E-state index contributed by atoms with van der Waals surface area (Å²) in [5.74, 6) is 8.14. The minimum absolute atomic E-state index is 0. The van der Waals surface area contributed by atoms with Crippen molar-refractivity contribution in [3.63, 3.8) is 0 Å². The zero-order chi connectivity index (χ0) is 37.2. The molecular formula is C49H52GeIrN2O-2. The second-order valence-corrected chi connectivity index (χ2v) is 27.6. The zero-order valence-electron chi connectivity index (χ0n) is 32.8. The van der Waals surface area contributed by atoms with Gasteiger partial charge in [0.1, 0.15) is 5.58 Å². The fourth-order valence-electron chi connectivity index (χ4n) is 7.77. The van der Waals surface area contributed by atoms with E-state index < -0.39 is 13.3 Å². The molecule has 3 aromatic heterocycles. The van der Waals surface area contributed by atoms with Gasteiger partial charge in [0.15, 0.2) is 0 Å². The second-order valence-electron chi connectivity index (χ2n) is 17.1. The van der Waals surface area contributed by atoms with Crippen LogP contribution in [-0.2, 0) is 26.5 Å². The number of rotatable bonds is 6. The second kappa shape index (κ2) is 16.9. The number of pyridine rings is 2. The number of benzene rings is 4. The Kier molecular flexibility index (Phi) is 12.5. The van der Waals surface area contributed by atoms with Crippen LogP contribution in [0.2, 0.25) is 17.3 Å². The number of hydrogen-bond acceptors (Lipinski definition) is 3. The van der Waals surface area contributed by atoms with Crippen molar-refractivity contribution in [3.8, 4) is 33.6 Å². The van der Waals surface area contributed by atoms with Gasteiger partial charge in [-0.25, -0.2) is 0 Å². The van der Waals surface area contributed by atoms with Crippen molar-refractivity contribution < 1.29 is 24.5 Å². The average Bonchev–Trinajstić information content (AvgIpc) is 3.53. The van der Waals surface area contributed by atoms with E-state index in [0.717, 1.165) is 56.8 Å². The van der Waals surface area contributed by atoms with E-state index in [9.17, 15) is 0 Å². The zero-order valence-corrected chi connectivity index (χ0v) is 37.3. The molecule has 5 heteroatoms. The van der Waals surface area contributed by atoms with Gasteiger partial charge in [-0.3, -0.25) is 0 Å². The smallest absolute Gasteiger partial charge is 0.121 e. The van der Waals surface area contributed by atoms with Crippen molar-refractivity contribution in [2.24, 2.45) is 5.41 Å². The first-order valence-electron chi connectivity index (χ1n) is 19.3. The normalized spacial score (nSPS) is 13.7. The molecule has 1 saturated carbocycles. The Morgan fingerprint density at radius 3 is 2.24 bits per heavy atom. The third-order valence-corrected chi connectivity index (χ3v) is 14.7. The number of fused-ring (bicyclic) bond motifs is 3. The van der Waals surface area contributed by atoms with Crippen molar-refractivity contribution in [2.45, 2.75) is 89.4 Å². The van der Waals surface area contributed by atoms with Gasteiger partial charge in [-0.1, -0.05) is 65.0 Å². The van der Waals surface area contributed by atoms with Crippen molar-refractivity contribution in [1.29, 1.82) is 0 Å². The summed E-state index contributed by atoms with van der Waals surface area (Å²) in [5, 5.41) is 2.21. The predicted octanol–water partition coefficient (Wildman–Crippen LogP) is 13.2. The van der Waals surface area contributed by atoms with Crippen molar-refractivity contribution in [1.82, 2.24) is 9.97 Å². The quantitative estimate of drug-likeness (QED) is 0.123. The van der Waals surface area contributed by atoms with Gasteiger partial charge in [-0.2, -0.15) is 0 Å². The Balaban J connectivity index is 0.000000181. The number of nitrogens with zero attached hydrogens (tertiary/aromatic N) is 2. The molecule has 0 atom stereocenters. The van der Waals surface area contributed by atoms with Crippen LogP contribution in [0.25, 0.3) is 55.6 Å². The monoisotopic (exact) mass is 951 g/mol. The summed E-state index contributed by atoms with van der Waals surface area (Å²) in [4.78, 5) is 9.41. The van der Waals surface area contributed by atoms with E-state index in [-0.39, 0.29) is 25.5 Å². The van der Waals surface area contributed by atoms with Crippen molar-refractivity contribution in [2.75, 3.05) is 0 Å². The third kappa shape index (κ3) is 9.33. The summed E-state index contributed by atoms with van der Waals surface area (Å²) < 4.78 is 7.82. The number of hydrogen-bond donors (Lipinski definition) is 0. The minimum Gasteiger partial charge on any atom is -0.501 e. The molecule has 0 saturated heterocycles. The molecule has 1 radical (unpaired) electrons. The fourth-order valence-corrected chi connectivity index (χ4v) is 11.1. The van der Waals surface area contributed by atoms with E-state index in [0.29, 0.717) is 0 Å². The van der Waals surface area contributed by atoms with Crippen LogP contribution in [-0.4, -0.2) is 23.2 Å². The predicted molar refractivity (Wildman–Crippen MR) is 226 cm³/mol. The summed E-state index contributed by atoms with van der Waals surface area (Å²) >= 11 is -1.94. The van der Waals surface area contributed by atoms with Gasteiger partial charge in [0.25, 0.3) is 0 Å². The van der Waals surface area contributed by atoms with E-state index in [1.807, 2.05) is 24.4 Å². The third-order valence-electron chi connectivity index (χ3n) is 10.4. The van der Waals surface area contributed by atoms with E-state index in [4.69, 9.17) is 9.40 Å². The molecule has 3 heterocycles. The van der Waals surface area contributed by atoms with E-state index in [2.05, 4.69) is 147 Å². The van der Waals surface area contributed by atoms with Gasteiger partial charge in [0.05, 0.1) is 5.58 Å². The Labute approximate surface area is 338 Å². The van der Waals surface area contributed by atoms with Gasteiger partial charge >= 0.3 is 169 Å². The summed E-state index contributed by atoms with van der Waals surface area (Å²) in [7, 11) is 0. The van der Waals surface area contributed by atoms with Crippen LogP contribution in [0.3, 0.4) is 0 Å². The summed E-state index contributed by atoms with van der Waals surface area (Å²) in [5.41, 5.74) is 12.6. The van der Waals surface area contributed by atoms with Crippen LogP contribution in [0.1, 0.15) is 75.5 Å². The van der Waals surface area contributed by atoms with Crippen LogP contribution in [0.4, 0.5) is 0 Å². The van der Waals surface area contributed by atoms with Crippen LogP contribution in [0.5, 0.6) is 0 Å². The van der Waals surface area contributed by atoms with Gasteiger partial charge in [0, 0.05) is 31.7 Å². The molecule has 0 unspecified atom stereocenters. The molecule has 0 spiro atoms. The number of aryl methyl sites for hydroxylation is 1. The Bertz CT molecular complexity index is 2340. The van der Waals surface area contributed by atoms with Crippen LogP contribution < -0.4 is 4.40 Å². The molecule has 54 heavy (non-hydrogen) atoms.